The summed E-state index contributed by atoms with van der Waals surface area (Å²) in [5, 5.41) is 8.75. The van der Waals surface area contributed by atoms with E-state index in [0.717, 1.165) is 0 Å². The molecule has 127 valence electrons. The van der Waals surface area contributed by atoms with Gasteiger partial charge in [-0.2, -0.15) is 0 Å². The number of hydrogen-bond acceptors (Lipinski definition) is 0. The molecular formula is C19H25Cl2Si2Zr. The molecule has 24 heavy (non-hydrogen) atoms. The van der Waals surface area contributed by atoms with Crippen LogP contribution in [0.1, 0.15) is 0 Å². The Morgan fingerprint density at radius 1 is 0.625 bits per heavy atom. The van der Waals surface area contributed by atoms with Crippen LogP contribution in [0.3, 0.4) is 0 Å². The molecule has 5 heteroatoms. The van der Waals surface area contributed by atoms with Crippen LogP contribution >= 0.6 is 0 Å². The Balaban J connectivity index is 0.00000176. The van der Waals surface area contributed by atoms with Gasteiger partial charge in [-0.15, -0.1) is 39.7 Å². The van der Waals surface area contributed by atoms with Gasteiger partial charge in [0.05, 0.1) is 16.1 Å². The van der Waals surface area contributed by atoms with Crippen molar-refractivity contribution in [1.82, 2.24) is 0 Å². The molecule has 3 aromatic rings. The van der Waals surface area contributed by atoms with Gasteiger partial charge in [-0.1, -0.05) is 73.9 Å². The summed E-state index contributed by atoms with van der Waals surface area (Å²) in [6.07, 6.45) is 0. The first-order valence-electron chi connectivity index (χ1n) is 7.80. The van der Waals surface area contributed by atoms with Gasteiger partial charge in [-0.05, 0) is 0 Å². The SMILES string of the molecule is C[Si](C)(C)c1ccc2c(c1)[cH-]c1cc([Si](C)(C)C)ccc12.[Cl-].[Cl-].[Zr+3]. The quantitative estimate of drug-likeness (QED) is 0.326. The zero-order chi connectivity index (χ0) is 15.4. The first-order valence-corrected chi connectivity index (χ1v) is 14.8. The zero-order valence-electron chi connectivity index (χ0n) is 15.3. The average molecular weight is 472 g/mol. The molecular weight excluding hydrogens is 447 g/mol. The Kier molecular flexibility index (Phi) is 8.34. The monoisotopic (exact) mass is 469 g/mol. The van der Waals surface area contributed by atoms with E-state index in [1.165, 1.54) is 21.5 Å². The molecule has 0 aliphatic carbocycles. The fraction of sp³-hybridized carbons (Fsp3) is 0.316. The molecule has 0 fully saturated rings. The molecule has 0 aliphatic rings. The molecule has 0 saturated carbocycles. The summed E-state index contributed by atoms with van der Waals surface area (Å²) in [5.41, 5.74) is 0. The molecule has 0 unspecified atom stereocenters. The Bertz CT molecular complexity index is 759. The van der Waals surface area contributed by atoms with Crippen molar-refractivity contribution >= 4 is 48.1 Å². The van der Waals surface area contributed by atoms with Crippen molar-refractivity contribution in [2.24, 2.45) is 0 Å². The Hall–Kier alpha value is 0.207. The van der Waals surface area contributed by atoms with Crippen LogP contribution in [0.25, 0.3) is 21.5 Å². The zero-order valence-corrected chi connectivity index (χ0v) is 21.3. The van der Waals surface area contributed by atoms with E-state index in [-0.39, 0.29) is 51.0 Å². The van der Waals surface area contributed by atoms with E-state index >= 15 is 0 Å². The van der Waals surface area contributed by atoms with Crippen LogP contribution in [0.15, 0.2) is 42.5 Å². The van der Waals surface area contributed by atoms with Gasteiger partial charge in [0.15, 0.2) is 0 Å². The molecule has 0 nitrogen and oxygen atoms in total. The summed E-state index contributed by atoms with van der Waals surface area (Å²) in [7, 11) is -2.47. The van der Waals surface area contributed by atoms with Crippen LogP contribution in [0.2, 0.25) is 39.3 Å². The third-order valence-electron chi connectivity index (χ3n) is 4.44. The third-order valence-corrected chi connectivity index (χ3v) is 8.52. The first-order chi connectivity index (χ1) is 9.66. The summed E-state index contributed by atoms with van der Waals surface area (Å²) in [6.45, 7) is 14.5. The van der Waals surface area contributed by atoms with E-state index in [2.05, 4.69) is 81.7 Å². The van der Waals surface area contributed by atoms with Crippen molar-refractivity contribution in [2.45, 2.75) is 39.3 Å². The maximum absolute atomic E-state index is 2.43. The van der Waals surface area contributed by atoms with Crippen molar-refractivity contribution in [1.29, 1.82) is 0 Å². The maximum Gasteiger partial charge on any atom is 3.00 e. The second-order valence-electron chi connectivity index (χ2n) is 8.25. The van der Waals surface area contributed by atoms with E-state index in [4.69, 9.17) is 0 Å². The summed E-state index contributed by atoms with van der Waals surface area (Å²) < 4.78 is 0. The number of rotatable bonds is 2. The van der Waals surface area contributed by atoms with Crippen molar-refractivity contribution in [3.8, 4) is 0 Å². The standard InChI is InChI=1S/C19H25Si2.2ClH.Zr/c1-20(2,3)16-7-9-18-14(12-16)11-15-13-17(21(4,5)6)8-10-19(15)18;;;/h7-13H,1-6H3;2*1H;/q-1;;;+3/p-2. The molecule has 0 aromatic heterocycles. The normalized spacial score (nSPS) is 11.6. The molecule has 0 bridgehead atoms. The minimum Gasteiger partial charge on any atom is -1.00 e. The van der Waals surface area contributed by atoms with Crippen molar-refractivity contribution < 1.29 is 51.0 Å². The predicted molar refractivity (Wildman–Crippen MR) is 103 cm³/mol. The van der Waals surface area contributed by atoms with Crippen molar-refractivity contribution in [3.05, 3.63) is 42.5 Å². The van der Waals surface area contributed by atoms with Gasteiger partial charge in [-0.3, -0.25) is 0 Å². The minimum absolute atomic E-state index is 0. The van der Waals surface area contributed by atoms with E-state index in [0.29, 0.717) is 0 Å². The molecule has 1 radical (unpaired) electrons. The summed E-state index contributed by atoms with van der Waals surface area (Å²) in [6, 6.07) is 16.6. The third kappa shape index (κ3) is 4.68. The second-order valence-corrected chi connectivity index (χ2v) is 18.4. The number of fused-ring (bicyclic) bond motifs is 3. The summed E-state index contributed by atoms with van der Waals surface area (Å²) >= 11 is 0. The van der Waals surface area contributed by atoms with Gasteiger partial charge in [0.25, 0.3) is 0 Å². The minimum atomic E-state index is -1.23. The predicted octanol–water partition coefficient (Wildman–Crippen LogP) is -1.19. The van der Waals surface area contributed by atoms with E-state index in [1.54, 1.807) is 10.4 Å². The summed E-state index contributed by atoms with van der Waals surface area (Å²) in [5.74, 6) is 0. The molecule has 3 aromatic carbocycles. The van der Waals surface area contributed by atoms with Gasteiger partial charge in [0, 0.05) is 0 Å². The van der Waals surface area contributed by atoms with Crippen LogP contribution < -0.4 is 35.2 Å². The smallest absolute Gasteiger partial charge is 1.00 e. The van der Waals surface area contributed by atoms with Crippen molar-refractivity contribution in [2.75, 3.05) is 0 Å². The molecule has 0 spiro atoms. The first kappa shape index (κ1) is 24.2. The van der Waals surface area contributed by atoms with Gasteiger partial charge < -0.3 is 24.8 Å². The van der Waals surface area contributed by atoms with Crippen LogP contribution in [0, 0.1) is 0 Å². The Labute approximate surface area is 179 Å². The molecule has 0 amide bonds. The van der Waals surface area contributed by atoms with E-state index in [1.807, 2.05) is 0 Å². The fourth-order valence-electron chi connectivity index (χ4n) is 2.96. The maximum atomic E-state index is 2.43. The molecule has 0 N–H and O–H groups in total. The Morgan fingerprint density at radius 3 is 1.25 bits per heavy atom. The van der Waals surface area contributed by atoms with E-state index < -0.39 is 16.1 Å². The molecule has 0 aliphatic heterocycles. The molecule has 3 rings (SSSR count). The van der Waals surface area contributed by atoms with Crippen LogP contribution in [0.5, 0.6) is 0 Å². The molecule has 0 atom stereocenters. The number of hydrogen-bond donors (Lipinski definition) is 0. The van der Waals surface area contributed by atoms with Crippen LogP contribution in [-0.2, 0) is 26.2 Å². The van der Waals surface area contributed by atoms with Gasteiger partial charge in [0.2, 0.25) is 0 Å². The van der Waals surface area contributed by atoms with E-state index in [9.17, 15) is 0 Å². The number of halogens is 2. The van der Waals surface area contributed by atoms with Crippen molar-refractivity contribution in [3.63, 3.8) is 0 Å². The molecule has 0 saturated heterocycles. The topological polar surface area (TPSA) is 0 Å². The van der Waals surface area contributed by atoms with Gasteiger partial charge >= 0.3 is 26.2 Å². The van der Waals surface area contributed by atoms with Crippen LogP contribution in [0.4, 0.5) is 0 Å². The van der Waals surface area contributed by atoms with Gasteiger partial charge in [-0.25, -0.2) is 0 Å². The second kappa shape index (κ2) is 8.27. The Morgan fingerprint density at radius 2 is 0.958 bits per heavy atom. The summed E-state index contributed by atoms with van der Waals surface area (Å²) in [4.78, 5) is 0. The fourth-order valence-corrected chi connectivity index (χ4v) is 5.30. The van der Waals surface area contributed by atoms with Gasteiger partial charge in [0.1, 0.15) is 0 Å². The number of benzene rings is 2. The molecule has 0 heterocycles. The largest absolute Gasteiger partial charge is 3.00 e. The van der Waals surface area contributed by atoms with Crippen LogP contribution in [-0.4, -0.2) is 16.1 Å². The average Bonchev–Trinajstić information content (AvgIpc) is 2.73.